The van der Waals surface area contributed by atoms with Gasteiger partial charge in [-0.3, -0.25) is 9.59 Å². The van der Waals surface area contributed by atoms with Gasteiger partial charge in [-0.1, -0.05) is 13.8 Å². The minimum atomic E-state index is -1.05. The van der Waals surface area contributed by atoms with E-state index >= 15 is 0 Å². The molecule has 196 valence electrons. The van der Waals surface area contributed by atoms with Crippen molar-refractivity contribution in [1.82, 2.24) is 10.3 Å². The van der Waals surface area contributed by atoms with Crippen LogP contribution in [0.25, 0.3) is 0 Å². The molecule has 2 rings (SSSR count). The molecule has 0 fully saturated rings. The Morgan fingerprint density at radius 2 is 1.72 bits per heavy atom. The predicted molar refractivity (Wildman–Crippen MR) is 126 cm³/mol. The van der Waals surface area contributed by atoms with Crippen molar-refractivity contribution in [2.45, 2.75) is 52.9 Å². The van der Waals surface area contributed by atoms with Gasteiger partial charge in [0.15, 0.2) is 17.2 Å². The minimum Gasteiger partial charge on any atom is -0.493 e. The Morgan fingerprint density at radius 3 is 2.31 bits per heavy atom. The summed E-state index contributed by atoms with van der Waals surface area (Å²) in [7, 11) is 1.37. The van der Waals surface area contributed by atoms with E-state index in [9.17, 15) is 18.8 Å². The lowest BCUT2D eigenvalue weighted by molar-refractivity contribution is -0.158. The zero-order valence-corrected chi connectivity index (χ0v) is 21.1. The Labute approximate surface area is 209 Å². The van der Waals surface area contributed by atoms with Crippen molar-refractivity contribution in [3.8, 4) is 17.2 Å². The summed E-state index contributed by atoms with van der Waals surface area (Å²) in [6, 6.07) is 5.92. The Hall–Kier alpha value is -3.89. The smallest absolute Gasteiger partial charge is 0.328 e. The molecule has 3 atom stereocenters. The van der Waals surface area contributed by atoms with Crippen LogP contribution in [0.4, 0.5) is 4.39 Å². The summed E-state index contributed by atoms with van der Waals surface area (Å²) >= 11 is 0. The van der Waals surface area contributed by atoms with Crippen LogP contribution in [-0.4, -0.2) is 55.0 Å². The van der Waals surface area contributed by atoms with E-state index in [2.05, 4.69) is 10.3 Å². The zero-order valence-electron chi connectivity index (χ0n) is 21.1. The van der Waals surface area contributed by atoms with Gasteiger partial charge in [-0.25, -0.2) is 14.2 Å². The van der Waals surface area contributed by atoms with Crippen molar-refractivity contribution in [2.75, 3.05) is 13.9 Å². The maximum atomic E-state index is 13.2. The molecule has 0 spiro atoms. The van der Waals surface area contributed by atoms with E-state index in [1.165, 1.54) is 57.5 Å². The number of nitrogens with one attached hydrogen (secondary N) is 1. The number of methoxy groups -OCH3 is 1. The number of carbonyl (C=O) groups excluding carboxylic acids is 3. The summed E-state index contributed by atoms with van der Waals surface area (Å²) in [6.45, 7) is 7.66. The highest BCUT2D eigenvalue weighted by molar-refractivity contribution is 5.98. The standard InChI is InChI=1S/C25H31FN2O8/c1-14(2)22(16(4)35-19-9-7-18(26)8-10-19)36-25(31)15(3)28-24(30)21-23(34-13-33-17(5)29)20(32-6)11-12-27-21/h7-12,14-16,22H,13H2,1-6H3,(H,28,30)/t15-,16-,22-/m0/s1. The fraction of sp³-hybridized carbons (Fsp3) is 0.440. The van der Waals surface area contributed by atoms with Crippen molar-refractivity contribution >= 4 is 17.8 Å². The van der Waals surface area contributed by atoms with Gasteiger partial charge in [-0.15, -0.1) is 0 Å². The van der Waals surface area contributed by atoms with Gasteiger partial charge >= 0.3 is 11.9 Å². The molecule has 2 aromatic rings. The largest absolute Gasteiger partial charge is 0.493 e. The monoisotopic (exact) mass is 506 g/mol. The molecule has 11 heteroatoms. The second kappa shape index (κ2) is 13.3. The number of nitrogens with zero attached hydrogens (tertiary/aromatic N) is 1. The van der Waals surface area contributed by atoms with Crippen molar-refractivity contribution in [2.24, 2.45) is 5.92 Å². The number of amides is 1. The first kappa shape index (κ1) is 28.3. The highest BCUT2D eigenvalue weighted by Crippen LogP contribution is 2.29. The van der Waals surface area contributed by atoms with E-state index in [0.717, 1.165) is 0 Å². The molecule has 0 aliphatic carbocycles. The van der Waals surface area contributed by atoms with Crippen LogP contribution in [-0.2, 0) is 19.1 Å². The number of ether oxygens (including phenoxy) is 5. The fourth-order valence-electron chi connectivity index (χ4n) is 3.19. The van der Waals surface area contributed by atoms with E-state index in [-0.39, 0.29) is 23.1 Å². The zero-order chi connectivity index (χ0) is 26.8. The molecular formula is C25H31FN2O8. The molecule has 0 bridgehead atoms. The van der Waals surface area contributed by atoms with Crippen molar-refractivity contribution in [1.29, 1.82) is 0 Å². The van der Waals surface area contributed by atoms with Crippen molar-refractivity contribution in [3.63, 3.8) is 0 Å². The van der Waals surface area contributed by atoms with E-state index in [4.69, 9.17) is 23.7 Å². The molecule has 0 saturated carbocycles. The molecule has 1 aromatic carbocycles. The SMILES string of the molecule is COc1ccnc(C(=O)N[C@@H](C)C(=O)O[C@@H](C(C)C)[C@H](C)Oc2ccc(F)cc2)c1OCOC(C)=O. The molecule has 0 saturated heterocycles. The molecule has 0 radical (unpaired) electrons. The van der Waals surface area contributed by atoms with Gasteiger partial charge in [0.2, 0.25) is 6.79 Å². The van der Waals surface area contributed by atoms with E-state index in [1.807, 2.05) is 13.8 Å². The first-order valence-corrected chi connectivity index (χ1v) is 11.3. The van der Waals surface area contributed by atoms with Gasteiger partial charge in [0.25, 0.3) is 5.91 Å². The van der Waals surface area contributed by atoms with Crippen LogP contribution in [0.5, 0.6) is 17.2 Å². The molecule has 1 amide bonds. The number of pyridine rings is 1. The topological polar surface area (TPSA) is 122 Å². The van der Waals surface area contributed by atoms with Gasteiger partial charge < -0.3 is 29.0 Å². The number of esters is 2. The second-order valence-electron chi connectivity index (χ2n) is 8.21. The van der Waals surface area contributed by atoms with E-state index < -0.39 is 48.7 Å². The molecule has 0 aliphatic heterocycles. The molecule has 0 unspecified atom stereocenters. The van der Waals surface area contributed by atoms with Crippen molar-refractivity contribution < 1.29 is 42.5 Å². The highest BCUT2D eigenvalue weighted by Gasteiger charge is 2.30. The Kier molecular flexibility index (Phi) is 10.4. The Balaban J connectivity index is 2.08. The van der Waals surface area contributed by atoms with Crippen LogP contribution >= 0.6 is 0 Å². The first-order chi connectivity index (χ1) is 17.0. The third-order valence-corrected chi connectivity index (χ3v) is 4.98. The molecule has 36 heavy (non-hydrogen) atoms. The summed E-state index contributed by atoms with van der Waals surface area (Å²) in [5.41, 5.74) is -0.172. The minimum absolute atomic E-state index is 0.0549. The third kappa shape index (κ3) is 8.10. The summed E-state index contributed by atoms with van der Waals surface area (Å²) in [6.07, 6.45) is 0.127. The van der Waals surface area contributed by atoms with Gasteiger partial charge in [-0.2, -0.15) is 0 Å². The van der Waals surface area contributed by atoms with Gasteiger partial charge in [0.1, 0.15) is 29.8 Å². The molecule has 1 N–H and O–H groups in total. The molecule has 10 nitrogen and oxygen atoms in total. The summed E-state index contributed by atoms with van der Waals surface area (Å²) < 4.78 is 39.9. The lowest BCUT2D eigenvalue weighted by atomic mass is 10.0. The van der Waals surface area contributed by atoms with Gasteiger partial charge in [-0.05, 0) is 44.0 Å². The normalized spacial score (nSPS) is 13.2. The number of hydrogen-bond donors (Lipinski definition) is 1. The number of halogens is 1. The van der Waals surface area contributed by atoms with Gasteiger partial charge in [0.05, 0.1) is 7.11 Å². The van der Waals surface area contributed by atoms with Crippen LogP contribution < -0.4 is 19.5 Å². The third-order valence-electron chi connectivity index (χ3n) is 4.98. The lowest BCUT2D eigenvalue weighted by Gasteiger charge is -2.29. The highest BCUT2D eigenvalue weighted by atomic mass is 19.1. The Bertz CT molecular complexity index is 1040. The predicted octanol–water partition coefficient (Wildman–Crippen LogP) is 3.28. The van der Waals surface area contributed by atoms with E-state index in [0.29, 0.717) is 5.75 Å². The molecule has 1 heterocycles. The average Bonchev–Trinajstić information content (AvgIpc) is 2.83. The molecular weight excluding hydrogens is 475 g/mol. The number of carbonyl (C=O) groups is 3. The van der Waals surface area contributed by atoms with Crippen LogP contribution in [0.1, 0.15) is 45.1 Å². The number of hydrogen-bond acceptors (Lipinski definition) is 9. The van der Waals surface area contributed by atoms with Crippen LogP contribution in [0.15, 0.2) is 36.5 Å². The summed E-state index contributed by atoms with van der Waals surface area (Å²) in [5.74, 6) is -1.94. The number of rotatable bonds is 12. The van der Waals surface area contributed by atoms with Gasteiger partial charge in [0, 0.05) is 19.2 Å². The fourth-order valence-corrected chi connectivity index (χ4v) is 3.19. The van der Waals surface area contributed by atoms with Crippen LogP contribution in [0.2, 0.25) is 0 Å². The summed E-state index contributed by atoms with van der Waals surface area (Å²) in [4.78, 5) is 40.7. The lowest BCUT2D eigenvalue weighted by Crippen LogP contribution is -2.45. The second-order valence-corrected chi connectivity index (χ2v) is 8.21. The summed E-state index contributed by atoms with van der Waals surface area (Å²) in [5, 5.41) is 2.52. The maximum absolute atomic E-state index is 13.2. The molecule has 1 aromatic heterocycles. The van der Waals surface area contributed by atoms with E-state index in [1.54, 1.807) is 6.92 Å². The first-order valence-electron chi connectivity index (χ1n) is 11.3. The van der Waals surface area contributed by atoms with Crippen LogP contribution in [0.3, 0.4) is 0 Å². The molecule has 0 aliphatic rings. The maximum Gasteiger partial charge on any atom is 0.328 e. The Morgan fingerprint density at radius 1 is 1.06 bits per heavy atom. The number of aromatic nitrogens is 1. The quantitative estimate of drug-likeness (QED) is 0.341. The van der Waals surface area contributed by atoms with Crippen LogP contribution in [0, 0.1) is 11.7 Å². The average molecular weight is 507 g/mol. The van der Waals surface area contributed by atoms with Crippen molar-refractivity contribution in [3.05, 3.63) is 48.0 Å². The number of benzene rings is 1.